The molecule has 2 unspecified atom stereocenters. The van der Waals surface area contributed by atoms with E-state index in [1.807, 2.05) is 0 Å². The van der Waals surface area contributed by atoms with Gasteiger partial charge in [-0.15, -0.1) is 15.3 Å². The van der Waals surface area contributed by atoms with Crippen molar-refractivity contribution >= 4 is 0 Å². The number of ether oxygens (including phenoxy) is 1. The fourth-order valence-electron chi connectivity index (χ4n) is 4.18. The van der Waals surface area contributed by atoms with Gasteiger partial charge in [-0.2, -0.15) is 0 Å². The third kappa shape index (κ3) is 3.53. The summed E-state index contributed by atoms with van der Waals surface area (Å²) < 4.78 is 22.0. The lowest BCUT2D eigenvalue weighted by molar-refractivity contribution is 0.00652. The molecule has 2 aliphatic heterocycles. The van der Waals surface area contributed by atoms with E-state index in [1.165, 1.54) is 0 Å². The van der Waals surface area contributed by atoms with E-state index in [4.69, 9.17) is 4.74 Å². The molecule has 29 heavy (non-hydrogen) atoms. The fraction of sp³-hybridized carbons (Fsp3) is 0.400. The van der Waals surface area contributed by atoms with Crippen LogP contribution in [0.15, 0.2) is 42.7 Å². The Labute approximate surface area is 166 Å². The second kappa shape index (κ2) is 7.40. The first-order valence-electron chi connectivity index (χ1n) is 9.78. The van der Waals surface area contributed by atoms with Crippen LogP contribution >= 0.6 is 0 Å². The van der Waals surface area contributed by atoms with Crippen LogP contribution in [0.4, 0.5) is 4.39 Å². The van der Waals surface area contributed by atoms with Gasteiger partial charge in [0.15, 0.2) is 6.17 Å². The highest BCUT2D eigenvalue weighted by atomic mass is 19.1. The smallest absolute Gasteiger partial charge is 0.233 e. The number of hydrogen-bond donors (Lipinski definition) is 2. The molecule has 2 saturated heterocycles. The van der Waals surface area contributed by atoms with E-state index in [-0.39, 0.29) is 11.8 Å². The minimum Gasteiger partial charge on any atom is -0.507 e. The zero-order valence-electron chi connectivity index (χ0n) is 15.6. The van der Waals surface area contributed by atoms with Crippen molar-refractivity contribution in [2.24, 2.45) is 0 Å². The van der Waals surface area contributed by atoms with Crippen molar-refractivity contribution in [1.82, 2.24) is 30.5 Å². The Morgan fingerprint density at radius 3 is 2.86 bits per heavy atom. The van der Waals surface area contributed by atoms with Gasteiger partial charge in [-0.1, -0.05) is 11.6 Å². The van der Waals surface area contributed by atoms with Crippen LogP contribution in [0.5, 0.6) is 11.6 Å². The van der Waals surface area contributed by atoms with Crippen LogP contribution < -0.4 is 10.1 Å². The number of rotatable bonds is 4. The first kappa shape index (κ1) is 18.0. The van der Waals surface area contributed by atoms with Crippen LogP contribution in [0.2, 0.25) is 0 Å². The summed E-state index contributed by atoms with van der Waals surface area (Å²) in [6, 6.07) is 8.66. The Hall–Kier alpha value is -3.07. The average molecular weight is 396 g/mol. The second-order valence-electron chi connectivity index (χ2n) is 7.54. The Balaban J connectivity index is 1.31. The third-order valence-electron chi connectivity index (χ3n) is 5.63. The Morgan fingerprint density at radius 2 is 2.10 bits per heavy atom. The topological polar surface area (TPSA) is 98.0 Å². The fourth-order valence-corrected chi connectivity index (χ4v) is 4.18. The number of aromatic nitrogens is 5. The Morgan fingerprint density at radius 1 is 1.17 bits per heavy atom. The summed E-state index contributed by atoms with van der Waals surface area (Å²) in [4.78, 5) is 0. The molecule has 0 aliphatic carbocycles. The van der Waals surface area contributed by atoms with Gasteiger partial charge >= 0.3 is 0 Å². The molecule has 3 aromatic rings. The Kier molecular flexibility index (Phi) is 4.59. The van der Waals surface area contributed by atoms with E-state index in [9.17, 15) is 9.50 Å². The van der Waals surface area contributed by atoms with Crippen LogP contribution in [0.25, 0.3) is 16.9 Å². The van der Waals surface area contributed by atoms with Crippen LogP contribution in [0, 0.1) is 0 Å². The van der Waals surface area contributed by atoms with Crippen molar-refractivity contribution in [2.45, 2.75) is 50.0 Å². The van der Waals surface area contributed by atoms with Crippen molar-refractivity contribution < 1.29 is 14.2 Å². The van der Waals surface area contributed by atoms with E-state index in [1.54, 1.807) is 47.4 Å². The van der Waals surface area contributed by atoms with Crippen molar-refractivity contribution in [2.75, 3.05) is 0 Å². The maximum absolute atomic E-state index is 14.7. The molecule has 2 N–H and O–H groups in total. The first-order valence-corrected chi connectivity index (χ1v) is 9.78. The van der Waals surface area contributed by atoms with Gasteiger partial charge < -0.3 is 15.2 Å². The summed E-state index contributed by atoms with van der Waals surface area (Å²) in [6.45, 7) is 0. The number of piperidine rings is 2. The molecule has 0 amide bonds. The molecule has 0 saturated carbocycles. The zero-order chi connectivity index (χ0) is 19.8. The highest BCUT2D eigenvalue weighted by Gasteiger charge is 2.41. The molecule has 4 heterocycles. The molecule has 1 aromatic carbocycles. The molecule has 2 aliphatic rings. The van der Waals surface area contributed by atoms with Gasteiger partial charge in [0.05, 0.1) is 23.8 Å². The standard InChI is InChI=1S/C20H21FN6O2/c21-20-16-3-1-2-12(23-16)10-18(20)29-19-7-6-15(24-25-19)14-5-4-13(11-17(14)28)27-9-8-22-26-27/h4-9,11-12,16,18,20,23,28H,1-3,10H2/t12?,16?,18-,20+/m1/s1. The van der Waals surface area contributed by atoms with E-state index >= 15 is 0 Å². The molecule has 2 aromatic heterocycles. The maximum atomic E-state index is 14.7. The van der Waals surface area contributed by atoms with Crippen LogP contribution in [-0.4, -0.2) is 54.7 Å². The van der Waals surface area contributed by atoms with Gasteiger partial charge in [0.1, 0.15) is 11.9 Å². The molecule has 0 spiro atoms. The minimum absolute atomic E-state index is 0.0518. The summed E-state index contributed by atoms with van der Waals surface area (Å²) >= 11 is 0. The minimum atomic E-state index is -1.05. The number of aromatic hydroxyl groups is 1. The monoisotopic (exact) mass is 396 g/mol. The van der Waals surface area contributed by atoms with Crippen molar-refractivity contribution in [3.63, 3.8) is 0 Å². The number of nitrogens with one attached hydrogen (secondary N) is 1. The lowest BCUT2D eigenvalue weighted by atomic mass is 9.84. The number of phenols is 1. The summed E-state index contributed by atoms with van der Waals surface area (Å²) in [6.07, 6.45) is 5.27. The lowest BCUT2D eigenvalue weighted by Crippen LogP contribution is -2.59. The molecule has 5 rings (SSSR count). The number of benzene rings is 1. The number of phenolic OH excluding ortho intramolecular Hbond substituents is 1. The number of alkyl halides is 1. The van der Waals surface area contributed by atoms with Gasteiger partial charge in [0.2, 0.25) is 5.88 Å². The summed E-state index contributed by atoms with van der Waals surface area (Å²) in [5, 5.41) is 29.6. The van der Waals surface area contributed by atoms with E-state index < -0.39 is 12.3 Å². The largest absolute Gasteiger partial charge is 0.507 e. The van der Waals surface area contributed by atoms with E-state index in [0.29, 0.717) is 35.3 Å². The average Bonchev–Trinajstić information content (AvgIpc) is 3.28. The Bertz CT molecular complexity index is 981. The molecule has 2 fully saturated rings. The SMILES string of the molecule is Oc1cc(-n2ccnn2)ccc1-c1ccc(O[C@@H]2CC3CCCC(N3)[C@@H]2F)nn1. The van der Waals surface area contributed by atoms with Crippen molar-refractivity contribution in [3.05, 3.63) is 42.7 Å². The molecule has 9 heteroatoms. The maximum Gasteiger partial charge on any atom is 0.233 e. The van der Waals surface area contributed by atoms with Gasteiger partial charge in [0.25, 0.3) is 0 Å². The number of nitrogens with zero attached hydrogens (tertiary/aromatic N) is 5. The molecule has 0 radical (unpaired) electrons. The normalized spacial score (nSPS) is 26.2. The highest BCUT2D eigenvalue weighted by Crippen LogP contribution is 2.32. The lowest BCUT2D eigenvalue weighted by Gasteiger charge is -2.42. The molecule has 2 bridgehead atoms. The molecular weight excluding hydrogens is 375 g/mol. The molecule has 8 nitrogen and oxygen atoms in total. The molecule has 4 atom stereocenters. The van der Waals surface area contributed by atoms with Crippen LogP contribution in [0.3, 0.4) is 0 Å². The van der Waals surface area contributed by atoms with Crippen molar-refractivity contribution in [1.29, 1.82) is 0 Å². The quantitative estimate of drug-likeness (QED) is 0.699. The van der Waals surface area contributed by atoms with Crippen LogP contribution in [-0.2, 0) is 0 Å². The summed E-state index contributed by atoms with van der Waals surface area (Å²) in [7, 11) is 0. The number of hydrogen-bond acceptors (Lipinski definition) is 7. The predicted octanol–water partition coefficient (Wildman–Crippen LogP) is 2.43. The highest BCUT2D eigenvalue weighted by molar-refractivity contribution is 5.68. The van der Waals surface area contributed by atoms with Gasteiger partial charge in [-0.3, -0.25) is 0 Å². The third-order valence-corrected chi connectivity index (χ3v) is 5.63. The number of halogens is 1. The summed E-state index contributed by atoms with van der Waals surface area (Å²) in [5.41, 5.74) is 1.72. The van der Waals surface area contributed by atoms with Gasteiger partial charge in [-0.05, 0) is 31.0 Å². The van der Waals surface area contributed by atoms with E-state index in [2.05, 4.69) is 25.8 Å². The zero-order valence-corrected chi connectivity index (χ0v) is 15.6. The van der Waals surface area contributed by atoms with Crippen molar-refractivity contribution in [3.8, 4) is 28.6 Å². The summed E-state index contributed by atoms with van der Waals surface area (Å²) in [5.74, 6) is 0.344. The molecular formula is C20H21FN6O2. The van der Waals surface area contributed by atoms with Gasteiger partial charge in [-0.25, -0.2) is 9.07 Å². The number of fused-ring (bicyclic) bond motifs is 2. The predicted molar refractivity (Wildman–Crippen MR) is 103 cm³/mol. The second-order valence-corrected chi connectivity index (χ2v) is 7.54. The molecule has 150 valence electrons. The first-order chi connectivity index (χ1) is 14.2. The van der Waals surface area contributed by atoms with Crippen LogP contribution in [0.1, 0.15) is 25.7 Å². The van der Waals surface area contributed by atoms with E-state index in [0.717, 1.165) is 19.3 Å². The van der Waals surface area contributed by atoms with Gasteiger partial charge in [0, 0.05) is 36.2 Å².